The molecular weight excluding hydrogens is 276 g/mol. The van der Waals surface area contributed by atoms with Gasteiger partial charge in [-0.15, -0.1) is 0 Å². The van der Waals surface area contributed by atoms with E-state index in [1.807, 2.05) is 30.8 Å². The number of halogens is 2. The minimum Gasteiger partial charge on any atom is -0.387 e. The first-order valence-corrected chi connectivity index (χ1v) is 6.84. The van der Waals surface area contributed by atoms with E-state index in [1.54, 1.807) is 6.20 Å². The van der Waals surface area contributed by atoms with E-state index in [0.717, 1.165) is 12.1 Å². The molecule has 0 saturated carbocycles. The van der Waals surface area contributed by atoms with Crippen molar-refractivity contribution in [2.24, 2.45) is 0 Å². The van der Waals surface area contributed by atoms with Crippen LogP contribution in [0.5, 0.6) is 0 Å². The predicted molar refractivity (Wildman–Crippen MR) is 75.7 cm³/mol. The fraction of sp³-hybridized carbons (Fsp3) is 0.400. The van der Waals surface area contributed by atoms with Crippen molar-refractivity contribution < 1.29 is 13.9 Å². The Morgan fingerprint density at radius 1 is 1.33 bits per heavy atom. The molecule has 2 aromatic rings. The molecule has 0 unspecified atom stereocenters. The number of aliphatic hydroxyl groups is 1. The number of rotatable bonds is 6. The average molecular weight is 295 g/mol. The third kappa shape index (κ3) is 3.86. The zero-order valence-corrected chi connectivity index (χ0v) is 12.0. The average Bonchev–Trinajstić information content (AvgIpc) is 2.97. The summed E-state index contributed by atoms with van der Waals surface area (Å²) in [5.41, 5.74) is 0.0860. The maximum absolute atomic E-state index is 13.6. The number of hydrogen-bond donors (Lipinski definition) is 2. The van der Waals surface area contributed by atoms with Gasteiger partial charge in [-0.3, -0.25) is 4.68 Å². The zero-order valence-electron chi connectivity index (χ0n) is 12.0. The monoisotopic (exact) mass is 295 g/mol. The number of nitrogens with one attached hydrogen (secondary N) is 1. The molecule has 1 heterocycles. The van der Waals surface area contributed by atoms with E-state index < -0.39 is 17.7 Å². The van der Waals surface area contributed by atoms with Crippen LogP contribution in [0, 0.1) is 11.6 Å². The van der Waals surface area contributed by atoms with E-state index in [-0.39, 0.29) is 24.2 Å². The summed E-state index contributed by atoms with van der Waals surface area (Å²) < 4.78 is 28.2. The second-order valence-electron chi connectivity index (χ2n) is 5.11. The summed E-state index contributed by atoms with van der Waals surface area (Å²) in [6, 6.07) is 5.13. The van der Waals surface area contributed by atoms with E-state index in [0.29, 0.717) is 0 Å². The highest BCUT2D eigenvalue weighted by Gasteiger charge is 2.18. The Morgan fingerprint density at radius 2 is 2.10 bits per heavy atom. The van der Waals surface area contributed by atoms with Crippen LogP contribution in [0.2, 0.25) is 0 Å². The molecule has 0 aliphatic heterocycles. The van der Waals surface area contributed by atoms with Crippen LogP contribution >= 0.6 is 0 Å². The quantitative estimate of drug-likeness (QED) is 0.860. The van der Waals surface area contributed by atoms with Gasteiger partial charge >= 0.3 is 0 Å². The van der Waals surface area contributed by atoms with Crippen LogP contribution in [0.1, 0.15) is 31.6 Å². The van der Waals surface area contributed by atoms with Gasteiger partial charge in [-0.2, -0.15) is 5.10 Å². The SMILES string of the molecule is C[C@H](NC[C@@H](O)c1ccc(F)cc1F)[C@H](C)n1cccn1. The summed E-state index contributed by atoms with van der Waals surface area (Å²) in [5, 5.41) is 17.3. The zero-order chi connectivity index (χ0) is 15.4. The molecule has 0 bridgehead atoms. The lowest BCUT2D eigenvalue weighted by Crippen LogP contribution is -2.36. The highest BCUT2D eigenvalue weighted by molar-refractivity contribution is 5.21. The summed E-state index contributed by atoms with van der Waals surface area (Å²) in [6.45, 7) is 4.13. The van der Waals surface area contributed by atoms with Crippen molar-refractivity contribution in [1.82, 2.24) is 15.1 Å². The standard InChI is InChI=1S/C15H19F2N3O/c1-10(11(2)20-7-3-6-19-20)18-9-15(21)13-5-4-12(16)8-14(13)17/h3-8,10-11,15,18,21H,9H2,1-2H3/t10-,11-,15+/m0/s1. The lowest BCUT2D eigenvalue weighted by molar-refractivity contribution is 0.161. The molecule has 21 heavy (non-hydrogen) atoms. The first kappa shape index (κ1) is 15.6. The van der Waals surface area contributed by atoms with E-state index >= 15 is 0 Å². The van der Waals surface area contributed by atoms with Crippen molar-refractivity contribution in [3.05, 3.63) is 53.9 Å². The van der Waals surface area contributed by atoms with Gasteiger partial charge in [-0.05, 0) is 26.0 Å². The molecule has 114 valence electrons. The van der Waals surface area contributed by atoms with Crippen LogP contribution in [-0.2, 0) is 0 Å². The van der Waals surface area contributed by atoms with Crippen molar-refractivity contribution in [2.45, 2.75) is 32.0 Å². The van der Waals surface area contributed by atoms with Gasteiger partial charge in [0.2, 0.25) is 0 Å². The third-order valence-electron chi connectivity index (χ3n) is 3.62. The number of hydrogen-bond acceptors (Lipinski definition) is 3. The Labute approximate surface area is 122 Å². The van der Waals surface area contributed by atoms with Crippen LogP contribution in [0.3, 0.4) is 0 Å². The molecule has 0 aliphatic rings. The maximum atomic E-state index is 13.6. The molecule has 6 heteroatoms. The summed E-state index contributed by atoms with van der Waals surface area (Å²) in [7, 11) is 0. The molecule has 0 spiro atoms. The molecule has 0 amide bonds. The van der Waals surface area contributed by atoms with Crippen molar-refractivity contribution in [1.29, 1.82) is 0 Å². The second-order valence-corrected chi connectivity index (χ2v) is 5.11. The van der Waals surface area contributed by atoms with Gasteiger partial charge in [0.25, 0.3) is 0 Å². The van der Waals surface area contributed by atoms with E-state index in [4.69, 9.17) is 0 Å². The molecule has 1 aromatic heterocycles. The molecule has 0 aliphatic carbocycles. The van der Waals surface area contributed by atoms with Crippen molar-refractivity contribution in [3.63, 3.8) is 0 Å². The molecule has 2 rings (SSSR count). The lowest BCUT2D eigenvalue weighted by atomic mass is 10.1. The van der Waals surface area contributed by atoms with Crippen molar-refractivity contribution >= 4 is 0 Å². The van der Waals surface area contributed by atoms with E-state index in [2.05, 4.69) is 10.4 Å². The lowest BCUT2D eigenvalue weighted by Gasteiger charge is -2.23. The molecule has 3 atom stereocenters. The van der Waals surface area contributed by atoms with Gasteiger partial charge in [0.15, 0.2) is 0 Å². The fourth-order valence-corrected chi connectivity index (χ4v) is 2.10. The highest BCUT2D eigenvalue weighted by Crippen LogP contribution is 2.18. The first-order chi connectivity index (χ1) is 9.99. The summed E-state index contributed by atoms with van der Waals surface area (Å²) in [4.78, 5) is 0. The van der Waals surface area contributed by atoms with Crippen molar-refractivity contribution in [2.75, 3.05) is 6.54 Å². The van der Waals surface area contributed by atoms with E-state index in [9.17, 15) is 13.9 Å². The van der Waals surface area contributed by atoms with Crippen LogP contribution < -0.4 is 5.32 Å². The summed E-state index contributed by atoms with van der Waals surface area (Å²) in [6.07, 6.45) is 2.53. The minimum atomic E-state index is -1.03. The summed E-state index contributed by atoms with van der Waals surface area (Å²) >= 11 is 0. The van der Waals surface area contributed by atoms with Gasteiger partial charge in [0.1, 0.15) is 11.6 Å². The Hall–Kier alpha value is -1.79. The highest BCUT2D eigenvalue weighted by atomic mass is 19.1. The van der Waals surface area contributed by atoms with Crippen LogP contribution in [0.4, 0.5) is 8.78 Å². The first-order valence-electron chi connectivity index (χ1n) is 6.84. The number of benzene rings is 1. The van der Waals surface area contributed by atoms with Crippen LogP contribution in [0.15, 0.2) is 36.7 Å². The van der Waals surface area contributed by atoms with Crippen LogP contribution in [-0.4, -0.2) is 27.5 Å². The van der Waals surface area contributed by atoms with Gasteiger partial charge in [-0.1, -0.05) is 6.07 Å². The molecular formula is C15H19F2N3O. The smallest absolute Gasteiger partial charge is 0.131 e. The Morgan fingerprint density at radius 3 is 2.71 bits per heavy atom. The third-order valence-corrected chi connectivity index (χ3v) is 3.62. The Balaban J connectivity index is 1.93. The van der Waals surface area contributed by atoms with Crippen LogP contribution in [0.25, 0.3) is 0 Å². The number of aliphatic hydroxyl groups excluding tert-OH is 1. The fourth-order valence-electron chi connectivity index (χ4n) is 2.10. The van der Waals surface area contributed by atoms with E-state index in [1.165, 1.54) is 6.07 Å². The Kier molecular flexibility index (Phi) is 5.03. The molecule has 0 radical (unpaired) electrons. The molecule has 0 fully saturated rings. The topological polar surface area (TPSA) is 50.1 Å². The minimum absolute atomic E-state index is 0.0306. The Bertz CT molecular complexity index is 574. The predicted octanol–water partition coefficient (Wildman–Crippen LogP) is 2.43. The normalized spacial score (nSPS) is 15.7. The molecule has 0 saturated heterocycles. The largest absolute Gasteiger partial charge is 0.387 e. The number of aromatic nitrogens is 2. The molecule has 4 nitrogen and oxygen atoms in total. The van der Waals surface area contributed by atoms with Gasteiger partial charge in [0.05, 0.1) is 12.1 Å². The molecule has 1 aromatic carbocycles. The molecule has 2 N–H and O–H groups in total. The second kappa shape index (κ2) is 6.78. The maximum Gasteiger partial charge on any atom is 0.131 e. The summed E-state index contributed by atoms with van der Waals surface area (Å²) in [5.74, 6) is -1.39. The number of nitrogens with zero attached hydrogens (tertiary/aromatic N) is 2. The van der Waals surface area contributed by atoms with Gasteiger partial charge < -0.3 is 10.4 Å². The van der Waals surface area contributed by atoms with Gasteiger partial charge in [-0.25, -0.2) is 8.78 Å². The van der Waals surface area contributed by atoms with Crippen molar-refractivity contribution in [3.8, 4) is 0 Å². The van der Waals surface area contributed by atoms with Gasteiger partial charge in [0, 0.05) is 36.6 Å².